The number of nitrogens with one attached hydrogen (secondary N) is 4. The zero-order valence-electron chi connectivity index (χ0n) is 8.93. The van der Waals surface area contributed by atoms with Crippen molar-refractivity contribution in [1.29, 1.82) is 0 Å². The summed E-state index contributed by atoms with van der Waals surface area (Å²) in [4.78, 5) is 19.1. The van der Waals surface area contributed by atoms with Gasteiger partial charge in [-0.05, 0) is 6.92 Å². The molecule has 0 unspecified atom stereocenters. The highest BCUT2D eigenvalue weighted by molar-refractivity contribution is 5.98. The van der Waals surface area contributed by atoms with E-state index < -0.39 is 0 Å². The van der Waals surface area contributed by atoms with Gasteiger partial charge < -0.3 is 5.32 Å². The Hall–Kier alpha value is -2.71. The van der Waals surface area contributed by atoms with Crippen LogP contribution in [-0.4, -0.2) is 36.3 Å². The number of aromatic nitrogens is 6. The van der Waals surface area contributed by atoms with E-state index in [1.807, 2.05) is 0 Å². The van der Waals surface area contributed by atoms with E-state index in [0.29, 0.717) is 17.6 Å². The number of carbonyl (C=O) groups is 1. The minimum atomic E-state index is -0.328. The minimum absolute atomic E-state index is 0.290. The molecule has 2 heterocycles. The molecule has 4 N–H and O–H groups in total. The van der Waals surface area contributed by atoms with E-state index >= 15 is 0 Å². The highest BCUT2D eigenvalue weighted by Gasteiger charge is 2.02. The summed E-state index contributed by atoms with van der Waals surface area (Å²) < 4.78 is 0. The first kappa shape index (κ1) is 10.8. The predicted molar refractivity (Wildman–Crippen MR) is 58.8 cm³/mol. The molecule has 0 spiro atoms. The first-order valence-corrected chi connectivity index (χ1v) is 4.71. The third kappa shape index (κ3) is 3.12. The molecule has 0 atom stereocenters. The smallest absolute Gasteiger partial charge is 0.252 e. The molecule has 2 aromatic rings. The molecule has 1 amide bonds. The third-order valence-electron chi connectivity index (χ3n) is 1.73. The van der Waals surface area contributed by atoms with Crippen molar-refractivity contribution in [1.82, 2.24) is 30.4 Å². The average molecular weight is 234 g/mol. The van der Waals surface area contributed by atoms with Crippen LogP contribution in [0.2, 0.25) is 0 Å². The number of hydrogen-bond acceptors (Lipinski definition) is 6. The van der Waals surface area contributed by atoms with Gasteiger partial charge in [0.2, 0.25) is 11.9 Å². The Morgan fingerprint density at radius 1 is 1.18 bits per heavy atom. The molecule has 0 aliphatic heterocycles. The largest absolute Gasteiger partial charge is 0.328 e. The van der Waals surface area contributed by atoms with E-state index in [4.69, 9.17) is 0 Å². The van der Waals surface area contributed by atoms with E-state index in [1.165, 1.54) is 18.7 Å². The van der Waals surface area contributed by atoms with Gasteiger partial charge in [-0.2, -0.15) is 20.2 Å². The molecule has 2 rings (SSSR count). The van der Waals surface area contributed by atoms with E-state index in [-0.39, 0.29) is 5.91 Å². The number of nitrogens with zero attached hydrogens (tertiary/aromatic N) is 4. The Balaban J connectivity index is 1.92. The lowest BCUT2D eigenvalue weighted by molar-refractivity contribution is -0.112. The fraction of sp³-hybridized carbons (Fsp3) is 0.125. The molecule has 88 valence electrons. The lowest BCUT2D eigenvalue weighted by atomic mass is 10.4. The van der Waals surface area contributed by atoms with Crippen molar-refractivity contribution in [2.45, 2.75) is 6.92 Å². The minimum Gasteiger partial charge on any atom is -0.328 e. The second kappa shape index (κ2) is 4.88. The van der Waals surface area contributed by atoms with Gasteiger partial charge in [0.1, 0.15) is 12.7 Å². The van der Waals surface area contributed by atoms with E-state index in [1.54, 1.807) is 6.92 Å². The highest BCUT2D eigenvalue weighted by atomic mass is 16.1. The molecule has 0 aliphatic carbocycles. The lowest BCUT2D eigenvalue weighted by Crippen LogP contribution is -2.11. The molecule has 0 saturated carbocycles. The third-order valence-corrected chi connectivity index (χ3v) is 1.73. The first-order valence-electron chi connectivity index (χ1n) is 4.71. The van der Waals surface area contributed by atoms with Crippen LogP contribution in [0.1, 0.15) is 6.92 Å². The molecule has 2 aromatic heterocycles. The van der Waals surface area contributed by atoms with Crippen LogP contribution < -0.4 is 10.6 Å². The summed E-state index contributed by atoms with van der Waals surface area (Å²) in [6.07, 6.45) is 4.04. The Morgan fingerprint density at radius 2 is 1.76 bits per heavy atom. The number of rotatable bonds is 4. The van der Waals surface area contributed by atoms with Crippen LogP contribution in [0.4, 0.5) is 11.9 Å². The fourth-order valence-electron chi connectivity index (χ4n) is 1.10. The van der Waals surface area contributed by atoms with Crippen LogP contribution >= 0.6 is 0 Å². The van der Waals surface area contributed by atoms with Crippen LogP contribution in [0, 0.1) is 0 Å². The van der Waals surface area contributed by atoms with Gasteiger partial charge in [-0.15, -0.1) is 0 Å². The zero-order chi connectivity index (χ0) is 12.1. The number of anilines is 2. The fourth-order valence-corrected chi connectivity index (χ4v) is 1.10. The number of amides is 1. The van der Waals surface area contributed by atoms with Crippen molar-refractivity contribution in [2.75, 3.05) is 10.6 Å². The average Bonchev–Trinajstić information content (AvgIpc) is 2.90. The molecular formula is C8H10N8O. The van der Waals surface area contributed by atoms with Crippen molar-refractivity contribution >= 4 is 17.8 Å². The van der Waals surface area contributed by atoms with Crippen molar-refractivity contribution in [2.24, 2.45) is 0 Å². The Kier molecular flexibility index (Phi) is 3.10. The van der Waals surface area contributed by atoms with Gasteiger partial charge in [0.05, 0.1) is 0 Å². The summed E-state index contributed by atoms with van der Waals surface area (Å²) in [5.41, 5.74) is 0.610. The van der Waals surface area contributed by atoms with Gasteiger partial charge in [0.25, 0.3) is 5.91 Å². The van der Waals surface area contributed by atoms with E-state index in [9.17, 15) is 4.79 Å². The molecule has 0 radical (unpaired) electrons. The molecule has 0 fully saturated rings. The molecule has 17 heavy (non-hydrogen) atoms. The van der Waals surface area contributed by atoms with Crippen LogP contribution in [0.25, 0.3) is 0 Å². The summed E-state index contributed by atoms with van der Waals surface area (Å²) in [6, 6.07) is 0. The van der Waals surface area contributed by atoms with Crippen LogP contribution in [0.5, 0.6) is 0 Å². The maximum absolute atomic E-state index is 11.5. The maximum atomic E-state index is 11.5. The molecule has 0 saturated heterocycles. The van der Waals surface area contributed by atoms with Gasteiger partial charge in [-0.1, -0.05) is 0 Å². The number of allylic oxidation sites excluding steroid dienone is 1. The van der Waals surface area contributed by atoms with Gasteiger partial charge in [-0.25, -0.2) is 10.2 Å². The number of hydrogen-bond donors (Lipinski definition) is 4. The van der Waals surface area contributed by atoms with Crippen molar-refractivity contribution < 1.29 is 4.79 Å². The lowest BCUT2D eigenvalue weighted by Gasteiger charge is -2.01. The van der Waals surface area contributed by atoms with Crippen LogP contribution in [-0.2, 0) is 4.79 Å². The summed E-state index contributed by atoms with van der Waals surface area (Å²) in [5.74, 6) is 0.427. The van der Waals surface area contributed by atoms with E-state index in [2.05, 4.69) is 41.0 Å². The number of aromatic amines is 2. The van der Waals surface area contributed by atoms with Crippen LogP contribution in [0.3, 0.4) is 0 Å². The molecule has 0 aliphatic rings. The summed E-state index contributed by atoms with van der Waals surface area (Å²) >= 11 is 0. The van der Waals surface area contributed by atoms with Crippen molar-refractivity contribution in [3.8, 4) is 0 Å². The van der Waals surface area contributed by atoms with Gasteiger partial charge in [0, 0.05) is 11.8 Å². The van der Waals surface area contributed by atoms with Gasteiger partial charge in [0.15, 0.2) is 0 Å². The quantitative estimate of drug-likeness (QED) is 0.546. The second-order valence-electron chi connectivity index (χ2n) is 3.11. The Morgan fingerprint density at radius 3 is 2.29 bits per heavy atom. The number of carbonyl (C=O) groups excluding carboxylic acids is 1. The first-order chi connectivity index (χ1) is 8.24. The summed E-state index contributed by atoms with van der Waals surface area (Å²) in [7, 11) is 0. The predicted octanol–water partition coefficient (Wildman–Crippen LogP) is -0.123. The monoisotopic (exact) mass is 234 g/mol. The molecule has 9 nitrogen and oxygen atoms in total. The SMILES string of the molecule is CC(=CC(=O)Nc1ncn[nH]1)Nc1ncn[nH]1. The Labute approximate surface area is 95.8 Å². The highest BCUT2D eigenvalue weighted by Crippen LogP contribution is 2.00. The van der Waals surface area contributed by atoms with Gasteiger partial charge >= 0.3 is 0 Å². The summed E-state index contributed by atoms with van der Waals surface area (Å²) in [6.45, 7) is 1.72. The summed E-state index contributed by atoms with van der Waals surface area (Å²) in [5, 5.41) is 17.8. The van der Waals surface area contributed by atoms with Crippen molar-refractivity contribution in [3.63, 3.8) is 0 Å². The Bertz CT molecular complexity index is 500. The molecule has 0 aromatic carbocycles. The molecule has 0 bridgehead atoms. The zero-order valence-corrected chi connectivity index (χ0v) is 8.93. The topological polar surface area (TPSA) is 124 Å². The number of H-pyrrole nitrogens is 2. The second-order valence-corrected chi connectivity index (χ2v) is 3.11. The molecular weight excluding hydrogens is 224 g/mol. The van der Waals surface area contributed by atoms with Gasteiger partial charge in [-0.3, -0.25) is 10.1 Å². The molecule has 9 heteroatoms. The maximum Gasteiger partial charge on any atom is 0.252 e. The normalized spacial score (nSPS) is 11.2. The van der Waals surface area contributed by atoms with Crippen molar-refractivity contribution in [3.05, 3.63) is 24.4 Å². The van der Waals surface area contributed by atoms with E-state index in [0.717, 1.165) is 0 Å². The van der Waals surface area contributed by atoms with Crippen LogP contribution in [0.15, 0.2) is 24.4 Å². The standard InChI is InChI=1S/C8H10N8O/c1-5(13-7-9-3-11-15-7)2-6(17)14-8-10-4-12-16-8/h2-4H,1H3,(H2,9,11,13,15)(H2,10,12,14,16,17).